The van der Waals surface area contributed by atoms with Crippen molar-refractivity contribution in [3.8, 4) is 0 Å². The number of alkyl halides is 1. The van der Waals surface area contributed by atoms with Crippen LogP contribution in [0.4, 0.5) is 0 Å². The molecule has 2 aromatic heterocycles. The Morgan fingerprint density at radius 1 is 1.18 bits per heavy atom. The third-order valence-corrected chi connectivity index (χ3v) is 8.24. The summed E-state index contributed by atoms with van der Waals surface area (Å²) in [5.41, 5.74) is 2.92. The summed E-state index contributed by atoms with van der Waals surface area (Å²) in [7, 11) is 0. The van der Waals surface area contributed by atoms with Crippen LogP contribution in [0.25, 0.3) is 0 Å². The molecule has 2 aromatic rings. The van der Waals surface area contributed by atoms with Gasteiger partial charge in [0.15, 0.2) is 0 Å². The molecule has 17 heavy (non-hydrogen) atoms. The zero-order valence-corrected chi connectivity index (χ0v) is 14.2. The van der Waals surface area contributed by atoms with Gasteiger partial charge in [-0.05, 0) is 65.4 Å². The van der Waals surface area contributed by atoms with Gasteiger partial charge in [0.1, 0.15) is 0 Å². The Morgan fingerprint density at radius 3 is 2.59 bits per heavy atom. The first-order chi connectivity index (χ1) is 8.15. The van der Waals surface area contributed by atoms with Crippen molar-refractivity contribution in [3.05, 3.63) is 41.7 Å². The van der Waals surface area contributed by atoms with Crippen LogP contribution in [0.5, 0.6) is 0 Å². The molecule has 4 heteroatoms. The van der Waals surface area contributed by atoms with Crippen LogP contribution in [-0.2, 0) is 12.8 Å². The number of hydrogen-bond acceptors (Lipinski definition) is 2. The Morgan fingerprint density at radius 2 is 1.94 bits per heavy atom. The molecule has 0 nitrogen and oxygen atoms in total. The van der Waals surface area contributed by atoms with Gasteiger partial charge < -0.3 is 0 Å². The molecule has 0 saturated heterocycles. The van der Waals surface area contributed by atoms with Gasteiger partial charge in [-0.2, -0.15) is 0 Å². The average Bonchev–Trinajstić information content (AvgIpc) is 2.92. The molecule has 1 unspecified atom stereocenters. The lowest BCUT2D eigenvalue weighted by Crippen LogP contribution is -1.85. The standard InChI is InChI=1S/C13H12Br2S2/c1-7-5-10(17-13(7)15)12(14)11-6-8-3-2-4-9(8)16-11/h5-6,12H,2-4H2,1H3. The molecule has 0 spiro atoms. The molecule has 0 bridgehead atoms. The lowest BCUT2D eigenvalue weighted by atomic mass is 10.2. The Labute approximate surface area is 126 Å². The number of aryl methyl sites for hydroxylation is 3. The van der Waals surface area contributed by atoms with E-state index in [-0.39, 0.29) is 0 Å². The molecule has 0 amide bonds. The van der Waals surface area contributed by atoms with Crippen LogP contribution >= 0.6 is 54.5 Å². The van der Waals surface area contributed by atoms with Gasteiger partial charge in [0, 0.05) is 14.6 Å². The fourth-order valence-corrected chi connectivity index (χ4v) is 5.95. The summed E-state index contributed by atoms with van der Waals surface area (Å²) in [5.74, 6) is 0. The van der Waals surface area contributed by atoms with Crippen molar-refractivity contribution in [3.63, 3.8) is 0 Å². The molecule has 0 N–H and O–H groups in total. The van der Waals surface area contributed by atoms with E-state index >= 15 is 0 Å². The van der Waals surface area contributed by atoms with Gasteiger partial charge in [-0.1, -0.05) is 15.9 Å². The minimum atomic E-state index is 0.369. The molecule has 1 aliphatic rings. The van der Waals surface area contributed by atoms with E-state index in [0.717, 1.165) is 0 Å². The van der Waals surface area contributed by atoms with Crippen LogP contribution in [0.15, 0.2) is 15.9 Å². The first kappa shape index (κ1) is 12.4. The second-order valence-electron chi connectivity index (χ2n) is 4.42. The highest BCUT2D eigenvalue weighted by atomic mass is 79.9. The van der Waals surface area contributed by atoms with Crippen LogP contribution in [0.2, 0.25) is 0 Å². The van der Waals surface area contributed by atoms with Gasteiger partial charge >= 0.3 is 0 Å². The molecule has 0 radical (unpaired) electrons. The fraction of sp³-hybridized carbons (Fsp3) is 0.385. The number of thiophene rings is 2. The maximum absolute atomic E-state index is 3.84. The number of fused-ring (bicyclic) bond motifs is 1. The van der Waals surface area contributed by atoms with Crippen LogP contribution in [0.1, 0.15) is 37.0 Å². The maximum atomic E-state index is 3.84. The summed E-state index contributed by atoms with van der Waals surface area (Å²) in [4.78, 5) is 4.84. The molecule has 0 aromatic carbocycles. The molecule has 3 rings (SSSR count). The predicted octanol–water partition coefficient (Wildman–Crippen LogP) is 5.85. The summed E-state index contributed by atoms with van der Waals surface area (Å²) in [5, 5.41) is 0. The van der Waals surface area contributed by atoms with Crippen LogP contribution in [0.3, 0.4) is 0 Å². The maximum Gasteiger partial charge on any atom is 0.0831 e. The van der Waals surface area contributed by atoms with E-state index in [1.54, 1.807) is 10.4 Å². The third kappa shape index (κ3) is 2.29. The molecule has 2 heterocycles. The summed E-state index contributed by atoms with van der Waals surface area (Å²) in [6.07, 6.45) is 3.91. The zero-order chi connectivity index (χ0) is 12.0. The van der Waals surface area contributed by atoms with E-state index in [0.29, 0.717) is 4.83 Å². The first-order valence-corrected chi connectivity index (χ1v) is 9.00. The second kappa shape index (κ2) is 4.80. The predicted molar refractivity (Wildman–Crippen MR) is 83.9 cm³/mol. The average molecular weight is 392 g/mol. The molecule has 0 aliphatic heterocycles. The molecule has 1 aliphatic carbocycles. The largest absolute Gasteiger partial charge is 0.144 e. The number of rotatable bonds is 2. The van der Waals surface area contributed by atoms with Crippen molar-refractivity contribution < 1.29 is 0 Å². The summed E-state index contributed by atoms with van der Waals surface area (Å²) in [6.45, 7) is 2.15. The van der Waals surface area contributed by atoms with E-state index in [1.165, 1.54) is 38.4 Å². The van der Waals surface area contributed by atoms with E-state index < -0.39 is 0 Å². The molecule has 0 saturated carbocycles. The van der Waals surface area contributed by atoms with Gasteiger partial charge in [0.2, 0.25) is 0 Å². The highest BCUT2D eigenvalue weighted by Crippen LogP contribution is 2.43. The van der Waals surface area contributed by atoms with Crippen molar-refractivity contribution in [1.82, 2.24) is 0 Å². The fourth-order valence-electron chi connectivity index (χ4n) is 2.23. The molecule has 0 fully saturated rings. The lowest BCUT2D eigenvalue weighted by Gasteiger charge is -2.04. The molecule has 90 valence electrons. The van der Waals surface area contributed by atoms with Gasteiger partial charge in [0.05, 0.1) is 8.61 Å². The Kier molecular flexibility index (Phi) is 3.50. The van der Waals surface area contributed by atoms with Crippen LogP contribution < -0.4 is 0 Å². The monoisotopic (exact) mass is 390 g/mol. The van der Waals surface area contributed by atoms with Crippen LogP contribution in [-0.4, -0.2) is 0 Å². The minimum absolute atomic E-state index is 0.369. The summed E-state index contributed by atoms with van der Waals surface area (Å²) >= 11 is 11.3. The van der Waals surface area contributed by atoms with Crippen molar-refractivity contribution >= 4 is 54.5 Å². The first-order valence-electron chi connectivity index (χ1n) is 5.66. The smallest absolute Gasteiger partial charge is 0.0831 e. The molecule has 1 atom stereocenters. The SMILES string of the molecule is Cc1cc(C(Br)c2cc3c(s2)CCC3)sc1Br. The number of halogens is 2. The minimum Gasteiger partial charge on any atom is -0.144 e. The van der Waals surface area contributed by atoms with Gasteiger partial charge in [-0.25, -0.2) is 0 Å². The van der Waals surface area contributed by atoms with Gasteiger partial charge in [-0.3, -0.25) is 0 Å². The topological polar surface area (TPSA) is 0 Å². The molecular formula is C13H12Br2S2. The van der Waals surface area contributed by atoms with E-state index in [4.69, 9.17) is 0 Å². The van der Waals surface area contributed by atoms with Gasteiger partial charge in [0.25, 0.3) is 0 Å². The van der Waals surface area contributed by atoms with Crippen molar-refractivity contribution in [2.45, 2.75) is 31.0 Å². The van der Waals surface area contributed by atoms with Crippen molar-refractivity contribution in [1.29, 1.82) is 0 Å². The Balaban J connectivity index is 1.92. The Hall–Kier alpha value is 0.360. The van der Waals surface area contributed by atoms with E-state index in [1.807, 2.05) is 22.7 Å². The Bertz CT molecular complexity index is 513. The van der Waals surface area contributed by atoms with Gasteiger partial charge in [-0.15, -0.1) is 22.7 Å². The summed E-state index contributed by atoms with van der Waals surface area (Å²) < 4.78 is 1.25. The highest BCUT2D eigenvalue weighted by molar-refractivity contribution is 9.11. The highest BCUT2D eigenvalue weighted by Gasteiger charge is 2.21. The van der Waals surface area contributed by atoms with Crippen molar-refractivity contribution in [2.24, 2.45) is 0 Å². The quantitative estimate of drug-likeness (QED) is 0.563. The van der Waals surface area contributed by atoms with E-state index in [2.05, 4.69) is 50.9 Å². The van der Waals surface area contributed by atoms with Crippen molar-refractivity contribution in [2.75, 3.05) is 0 Å². The lowest BCUT2D eigenvalue weighted by molar-refractivity contribution is 0.913. The third-order valence-electron chi connectivity index (χ3n) is 3.14. The number of hydrogen-bond donors (Lipinski definition) is 0. The zero-order valence-electron chi connectivity index (χ0n) is 9.43. The normalized spacial score (nSPS) is 16.2. The van der Waals surface area contributed by atoms with Crippen LogP contribution in [0, 0.1) is 6.92 Å². The summed E-state index contributed by atoms with van der Waals surface area (Å²) in [6, 6.07) is 4.67. The van der Waals surface area contributed by atoms with E-state index in [9.17, 15) is 0 Å². The second-order valence-corrected chi connectivity index (χ2v) is 8.90. The molecular weight excluding hydrogens is 380 g/mol.